The molecule has 154 valence electrons. The van der Waals surface area contributed by atoms with Crippen molar-refractivity contribution in [1.82, 2.24) is 7.35 Å². The van der Waals surface area contributed by atoms with Crippen molar-refractivity contribution in [3.8, 4) is 5.69 Å². The summed E-state index contributed by atoms with van der Waals surface area (Å²) in [5.74, 6) is 0. The third-order valence-electron chi connectivity index (χ3n) is 6.36. The van der Waals surface area contributed by atoms with Gasteiger partial charge in [0, 0.05) is 37.5 Å². The van der Waals surface area contributed by atoms with E-state index in [9.17, 15) is 0 Å². The second-order valence-electron chi connectivity index (χ2n) is 8.02. The van der Waals surface area contributed by atoms with E-state index in [1.807, 2.05) is 0 Å². The van der Waals surface area contributed by atoms with Gasteiger partial charge in [-0.25, -0.2) is 0 Å². The fourth-order valence-corrected chi connectivity index (χ4v) is 5.93. The van der Waals surface area contributed by atoms with Gasteiger partial charge < -0.3 is 4.57 Å². The molecule has 2 aromatic heterocycles. The van der Waals surface area contributed by atoms with Crippen LogP contribution in [0.2, 0.25) is 0 Å². The Kier molecular flexibility index (Phi) is 4.47. The molecule has 0 unspecified atom stereocenters. The van der Waals surface area contributed by atoms with Crippen molar-refractivity contribution in [2.45, 2.75) is 6.92 Å². The zero-order chi connectivity index (χ0) is 21.8. The molecular formula is C29H21IN2. The quantitative estimate of drug-likeness (QED) is 0.219. The fraction of sp³-hybridized carbons (Fsp3) is 0.0345. The van der Waals surface area contributed by atoms with Crippen LogP contribution in [0.5, 0.6) is 0 Å². The Hall–Kier alpha value is -3.31. The second kappa shape index (κ2) is 7.38. The zero-order valence-electron chi connectivity index (χ0n) is 17.7. The first-order valence-electron chi connectivity index (χ1n) is 10.7. The summed E-state index contributed by atoms with van der Waals surface area (Å²) in [7, 11) is 0. The summed E-state index contributed by atoms with van der Waals surface area (Å²) in [6.07, 6.45) is 2.24. The van der Waals surface area contributed by atoms with E-state index < -0.39 is 0 Å². The van der Waals surface area contributed by atoms with Crippen LogP contribution in [0.4, 0.5) is 0 Å². The molecule has 0 spiro atoms. The van der Waals surface area contributed by atoms with E-state index in [1.54, 1.807) is 0 Å². The highest BCUT2D eigenvalue weighted by Gasteiger charge is 2.14. The molecule has 0 radical (unpaired) electrons. The number of para-hydroxylation sites is 3. The summed E-state index contributed by atoms with van der Waals surface area (Å²) in [4.78, 5) is 0. The lowest BCUT2D eigenvalue weighted by molar-refractivity contribution is 1.16. The average Bonchev–Trinajstić information content (AvgIpc) is 3.31. The minimum atomic E-state index is 1.07. The maximum atomic E-state index is 4.48. The number of hydrogen-bond acceptors (Lipinski definition) is 0. The van der Waals surface area contributed by atoms with E-state index in [-0.39, 0.29) is 0 Å². The number of aromatic nitrogens is 2. The molecule has 0 N–H and O–H groups in total. The standard InChI is InChI=1S/C29H21IN2/c1-3-21-24(28-19(2)22-13-7-10-16-27(22)32(28)30)17-18-25-23-14-8-9-15-26(23)31(29(21)25)20-11-5-4-6-12-20/h3-18H,2H2,1H3/b21-3+,28-24+. The van der Waals surface area contributed by atoms with Gasteiger partial charge in [0.05, 0.1) is 44.8 Å². The van der Waals surface area contributed by atoms with Crippen molar-refractivity contribution < 1.29 is 0 Å². The largest absolute Gasteiger partial charge is 0.309 e. The smallest absolute Gasteiger partial charge is 0.0663 e. The lowest BCUT2D eigenvalue weighted by Gasteiger charge is -2.08. The van der Waals surface area contributed by atoms with Gasteiger partial charge in [-0.05, 0) is 31.2 Å². The molecule has 2 heterocycles. The van der Waals surface area contributed by atoms with Crippen LogP contribution in [0.3, 0.4) is 0 Å². The number of nitrogens with zero attached hydrogens (tertiary/aromatic N) is 2. The van der Waals surface area contributed by atoms with Crippen molar-refractivity contribution in [2.24, 2.45) is 0 Å². The molecule has 0 saturated heterocycles. The van der Waals surface area contributed by atoms with Gasteiger partial charge >= 0.3 is 0 Å². The lowest BCUT2D eigenvalue weighted by Crippen LogP contribution is -2.12. The highest BCUT2D eigenvalue weighted by atomic mass is 127. The number of benzene rings is 4. The molecule has 0 amide bonds. The summed E-state index contributed by atoms with van der Waals surface area (Å²) < 4.78 is 4.64. The predicted octanol–water partition coefficient (Wildman–Crippen LogP) is 6.43. The van der Waals surface area contributed by atoms with Gasteiger partial charge in [-0.2, -0.15) is 0 Å². The molecule has 3 heteroatoms. The first kappa shape index (κ1) is 19.4. The van der Waals surface area contributed by atoms with E-state index >= 15 is 0 Å². The van der Waals surface area contributed by atoms with Crippen molar-refractivity contribution >= 4 is 68.2 Å². The van der Waals surface area contributed by atoms with Gasteiger partial charge in [-0.1, -0.05) is 79.4 Å². The molecule has 0 aliphatic rings. The summed E-state index contributed by atoms with van der Waals surface area (Å²) in [5.41, 5.74) is 4.82. The first-order valence-corrected chi connectivity index (χ1v) is 11.7. The maximum absolute atomic E-state index is 4.48. The molecule has 0 atom stereocenters. The second-order valence-corrected chi connectivity index (χ2v) is 8.99. The van der Waals surface area contributed by atoms with Crippen LogP contribution in [0, 0.1) is 10.6 Å². The summed E-state index contributed by atoms with van der Waals surface area (Å²) in [6, 6.07) is 32.3. The van der Waals surface area contributed by atoms with Gasteiger partial charge in [-0.15, -0.1) is 0 Å². The molecule has 0 saturated carbocycles. The monoisotopic (exact) mass is 524 g/mol. The Balaban J connectivity index is 1.95. The molecule has 0 bridgehead atoms. The highest BCUT2D eigenvalue weighted by Crippen LogP contribution is 2.30. The van der Waals surface area contributed by atoms with Crippen molar-refractivity contribution in [3.05, 3.63) is 112 Å². The van der Waals surface area contributed by atoms with Gasteiger partial charge in [0.1, 0.15) is 0 Å². The van der Waals surface area contributed by atoms with Crippen molar-refractivity contribution in [2.75, 3.05) is 0 Å². The van der Waals surface area contributed by atoms with Crippen LogP contribution < -0.4 is 10.4 Å². The van der Waals surface area contributed by atoms with Crippen LogP contribution in [-0.2, 0) is 0 Å². The Morgan fingerprint density at radius 3 is 2.09 bits per heavy atom. The minimum absolute atomic E-state index is 1.07. The topological polar surface area (TPSA) is 9.86 Å². The van der Waals surface area contributed by atoms with Crippen LogP contribution in [-0.4, -0.2) is 7.35 Å². The van der Waals surface area contributed by atoms with Crippen molar-refractivity contribution in [3.63, 3.8) is 0 Å². The summed E-state index contributed by atoms with van der Waals surface area (Å²) >= 11 is 2.41. The van der Waals surface area contributed by atoms with Gasteiger partial charge in [-0.3, -0.25) is 2.78 Å². The Labute approximate surface area is 199 Å². The van der Waals surface area contributed by atoms with Crippen LogP contribution in [0.25, 0.3) is 51.1 Å². The normalized spacial score (nSPS) is 13.5. The van der Waals surface area contributed by atoms with Crippen LogP contribution in [0.15, 0.2) is 91.0 Å². The van der Waals surface area contributed by atoms with Crippen LogP contribution in [0.1, 0.15) is 6.92 Å². The molecule has 0 aliphatic carbocycles. The summed E-state index contributed by atoms with van der Waals surface area (Å²) in [5, 5.41) is 8.40. The highest BCUT2D eigenvalue weighted by molar-refractivity contribution is 14.1. The van der Waals surface area contributed by atoms with Gasteiger partial charge in [0.2, 0.25) is 0 Å². The fourth-order valence-electron chi connectivity index (χ4n) is 4.96. The molecule has 2 nitrogen and oxygen atoms in total. The third kappa shape index (κ3) is 2.64. The SMILES string of the molecule is C=c1/c(=c2/ccc3c4ccccc4n(-c4ccccc4)c3/c2=C/C)n(I)c2ccccc12. The molecule has 0 fully saturated rings. The number of rotatable bonds is 1. The van der Waals surface area contributed by atoms with E-state index in [2.05, 4.69) is 141 Å². The Morgan fingerprint density at radius 1 is 0.719 bits per heavy atom. The number of hydrogen-bond donors (Lipinski definition) is 0. The molecular weight excluding hydrogens is 503 g/mol. The van der Waals surface area contributed by atoms with E-state index in [0.717, 1.165) is 10.6 Å². The molecule has 32 heavy (non-hydrogen) atoms. The average molecular weight is 524 g/mol. The summed E-state index contributed by atoms with van der Waals surface area (Å²) in [6.45, 7) is 6.61. The third-order valence-corrected chi connectivity index (χ3v) is 7.36. The van der Waals surface area contributed by atoms with E-state index in [4.69, 9.17) is 0 Å². The Morgan fingerprint density at radius 2 is 1.38 bits per heavy atom. The van der Waals surface area contributed by atoms with E-state index in [0.29, 0.717) is 0 Å². The Bertz CT molecular complexity index is 1860. The number of fused-ring (bicyclic) bond motifs is 4. The zero-order valence-corrected chi connectivity index (χ0v) is 19.9. The molecule has 4 aromatic carbocycles. The van der Waals surface area contributed by atoms with E-state index in [1.165, 1.54) is 48.8 Å². The van der Waals surface area contributed by atoms with Gasteiger partial charge in [0.15, 0.2) is 0 Å². The van der Waals surface area contributed by atoms with Crippen LogP contribution >= 0.6 is 22.9 Å². The molecule has 6 aromatic rings. The minimum Gasteiger partial charge on any atom is -0.309 e. The first-order chi connectivity index (χ1) is 15.7. The van der Waals surface area contributed by atoms with Crippen molar-refractivity contribution in [1.29, 1.82) is 0 Å². The number of halogens is 1. The molecule has 0 aliphatic heterocycles. The lowest BCUT2D eigenvalue weighted by atomic mass is 10.1. The molecule has 6 rings (SSSR count). The maximum Gasteiger partial charge on any atom is 0.0663 e. The predicted molar refractivity (Wildman–Crippen MR) is 145 cm³/mol. The van der Waals surface area contributed by atoms with Gasteiger partial charge in [0.25, 0.3) is 0 Å².